The first kappa shape index (κ1) is 13.4. The second-order valence-electron chi connectivity index (χ2n) is 4.37. The molecule has 0 atom stereocenters. The zero-order chi connectivity index (χ0) is 14.0. The zero-order valence-electron chi connectivity index (χ0n) is 10.8. The van der Waals surface area contributed by atoms with Crippen LogP contribution in [0.15, 0.2) is 23.3 Å². The van der Waals surface area contributed by atoms with E-state index in [1.165, 1.54) is 25.4 Å². The van der Waals surface area contributed by atoms with Gasteiger partial charge < -0.3 is 4.98 Å². The van der Waals surface area contributed by atoms with Gasteiger partial charge in [-0.3, -0.25) is 4.79 Å². The number of aryl methyl sites for hydroxylation is 1. The molecule has 0 saturated carbocycles. The molecule has 1 aromatic heterocycles. The number of halogens is 2. The summed E-state index contributed by atoms with van der Waals surface area (Å²) in [5, 5.41) is 0. The summed E-state index contributed by atoms with van der Waals surface area (Å²) in [7, 11) is 0. The minimum absolute atomic E-state index is 0.0256. The maximum absolute atomic E-state index is 14.0. The Morgan fingerprint density at radius 3 is 2.68 bits per heavy atom. The highest BCUT2D eigenvalue weighted by molar-refractivity contribution is 5.63. The van der Waals surface area contributed by atoms with Crippen LogP contribution in [0.2, 0.25) is 0 Å². The van der Waals surface area contributed by atoms with Crippen LogP contribution in [0.1, 0.15) is 24.5 Å². The molecular formula is C14H14F2N2O. The highest BCUT2D eigenvalue weighted by Crippen LogP contribution is 2.26. The average molecular weight is 264 g/mol. The van der Waals surface area contributed by atoms with Gasteiger partial charge in [-0.1, -0.05) is 19.4 Å². The van der Waals surface area contributed by atoms with Gasteiger partial charge in [0.05, 0.1) is 12.0 Å². The van der Waals surface area contributed by atoms with E-state index < -0.39 is 11.6 Å². The third-order valence-corrected chi connectivity index (χ3v) is 2.98. The summed E-state index contributed by atoms with van der Waals surface area (Å²) in [6, 6.07) is 2.93. The van der Waals surface area contributed by atoms with Gasteiger partial charge in [-0.25, -0.2) is 13.8 Å². The van der Waals surface area contributed by atoms with E-state index >= 15 is 0 Å². The van der Waals surface area contributed by atoms with Crippen molar-refractivity contribution in [3.63, 3.8) is 0 Å². The first-order valence-electron chi connectivity index (χ1n) is 6.07. The molecule has 100 valence electrons. The summed E-state index contributed by atoms with van der Waals surface area (Å²) < 4.78 is 27.6. The van der Waals surface area contributed by atoms with Gasteiger partial charge in [-0.05, 0) is 25.0 Å². The Morgan fingerprint density at radius 2 is 2.00 bits per heavy atom. The van der Waals surface area contributed by atoms with Crippen molar-refractivity contribution < 1.29 is 8.78 Å². The van der Waals surface area contributed by atoms with Crippen LogP contribution in [-0.4, -0.2) is 9.97 Å². The van der Waals surface area contributed by atoms with Gasteiger partial charge in [-0.2, -0.15) is 0 Å². The van der Waals surface area contributed by atoms with Crippen LogP contribution in [0.25, 0.3) is 11.3 Å². The lowest BCUT2D eigenvalue weighted by Gasteiger charge is -2.09. The number of rotatable bonds is 3. The van der Waals surface area contributed by atoms with E-state index in [1.807, 2.05) is 6.92 Å². The van der Waals surface area contributed by atoms with Crippen LogP contribution < -0.4 is 5.56 Å². The number of H-pyrrole nitrogens is 1. The van der Waals surface area contributed by atoms with Crippen molar-refractivity contribution in [1.82, 2.24) is 9.97 Å². The molecule has 1 aromatic carbocycles. The third kappa shape index (κ3) is 2.41. The van der Waals surface area contributed by atoms with Crippen LogP contribution >= 0.6 is 0 Å². The highest BCUT2D eigenvalue weighted by atomic mass is 19.2. The molecule has 0 aliphatic rings. The Bertz CT molecular complexity index is 665. The van der Waals surface area contributed by atoms with E-state index in [0.717, 1.165) is 6.42 Å². The highest BCUT2D eigenvalue weighted by Gasteiger charge is 2.17. The molecule has 0 bridgehead atoms. The van der Waals surface area contributed by atoms with Gasteiger partial charge in [0.1, 0.15) is 0 Å². The van der Waals surface area contributed by atoms with Crippen molar-refractivity contribution in [2.45, 2.75) is 26.7 Å². The molecule has 0 amide bonds. The average Bonchev–Trinajstić information content (AvgIpc) is 2.39. The lowest BCUT2D eigenvalue weighted by atomic mass is 10.0. The van der Waals surface area contributed by atoms with E-state index in [0.29, 0.717) is 12.0 Å². The molecular weight excluding hydrogens is 250 g/mol. The van der Waals surface area contributed by atoms with Gasteiger partial charge >= 0.3 is 0 Å². The number of hydrogen-bond donors (Lipinski definition) is 1. The Morgan fingerprint density at radius 1 is 1.26 bits per heavy atom. The summed E-state index contributed by atoms with van der Waals surface area (Å²) in [5.74, 6) is -1.86. The number of aromatic amines is 1. The number of hydrogen-bond acceptors (Lipinski definition) is 2. The van der Waals surface area contributed by atoms with Gasteiger partial charge in [0.15, 0.2) is 11.6 Å². The number of nitrogens with one attached hydrogen (secondary N) is 1. The predicted molar refractivity (Wildman–Crippen MR) is 68.9 cm³/mol. The molecule has 3 nitrogen and oxygen atoms in total. The largest absolute Gasteiger partial charge is 0.313 e. The summed E-state index contributed by atoms with van der Waals surface area (Å²) in [5.41, 5.74) is 0.530. The van der Waals surface area contributed by atoms with Crippen LogP contribution in [0.3, 0.4) is 0 Å². The molecule has 0 aliphatic carbocycles. The topological polar surface area (TPSA) is 45.8 Å². The van der Waals surface area contributed by atoms with Crippen molar-refractivity contribution in [1.29, 1.82) is 0 Å². The normalized spacial score (nSPS) is 10.7. The fourth-order valence-corrected chi connectivity index (χ4v) is 1.97. The van der Waals surface area contributed by atoms with E-state index in [-0.39, 0.29) is 22.4 Å². The van der Waals surface area contributed by atoms with E-state index in [2.05, 4.69) is 9.97 Å². The van der Waals surface area contributed by atoms with Crippen LogP contribution in [-0.2, 0) is 6.42 Å². The number of nitrogens with zero attached hydrogens (tertiary/aromatic N) is 1. The molecule has 1 heterocycles. The molecule has 0 radical (unpaired) electrons. The molecule has 0 saturated heterocycles. The van der Waals surface area contributed by atoms with Gasteiger partial charge in [0, 0.05) is 11.1 Å². The van der Waals surface area contributed by atoms with Crippen LogP contribution in [0.4, 0.5) is 8.78 Å². The summed E-state index contributed by atoms with van der Waals surface area (Å²) in [6.45, 7) is 3.39. The molecule has 0 fully saturated rings. The molecule has 1 N–H and O–H groups in total. The fraction of sp³-hybridized carbons (Fsp3) is 0.286. The maximum Gasteiger partial charge on any atom is 0.254 e. The van der Waals surface area contributed by atoms with Crippen molar-refractivity contribution >= 4 is 0 Å². The maximum atomic E-state index is 14.0. The van der Waals surface area contributed by atoms with E-state index in [1.54, 1.807) is 0 Å². The fourth-order valence-electron chi connectivity index (χ4n) is 1.97. The van der Waals surface area contributed by atoms with E-state index in [4.69, 9.17) is 0 Å². The van der Waals surface area contributed by atoms with Crippen molar-refractivity contribution in [2.24, 2.45) is 0 Å². The monoisotopic (exact) mass is 264 g/mol. The van der Waals surface area contributed by atoms with Crippen LogP contribution in [0, 0.1) is 18.6 Å². The van der Waals surface area contributed by atoms with Crippen molar-refractivity contribution in [2.75, 3.05) is 0 Å². The predicted octanol–water partition coefficient (Wildman–Crippen LogP) is 2.98. The Balaban J connectivity index is 2.69. The Hall–Kier alpha value is -2.04. The zero-order valence-corrected chi connectivity index (χ0v) is 10.8. The van der Waals surface area contributed by atoms with Crippen molar-refractivity contribution in [3.8, 4) is 11.3 Å². The smallest absolute Gasteiger partial charge is 0.254 e. The lowest BCUT2D eigenvalue weighted by molar-refractivity contribution is 0.505. The summed E-state index contributed by atoms with van der Waals surface area (Å²) in [4.78, 5) is 18.2. The summed E-state index contributed by atoms with van der Waals surface area (Å²) in [6.07, 6.45) is 2.39. The number of benzene rings is 1. The quantitative estimate of drug-likeness (QED) is 0.926. The first-order chi connectivity index (χ1) is 9.06. The molecule has 2 rings (SSSR count). The van der Waals surface area contributed by atoms with Gasteiger partial charge in [0.2, 0.25) is 0 Å². The van der Waals surface area contributed by atoms with Gasteiger partial charge in [0.25, 0.3) is 5.56 Å². The molecule has 5 heteroatoms. The standard InChI is InChI=1S/C14H14F2N2O/c1-3-4-10-13(17-7-18-14(10)19)9-6-5-8(2)11(15)12(9)16/h5-7H,3-4H2,1-2H3,(H,17,18,19). The van der Waals surface area contributed by atoms with Crippen LogP contribution in [0.5, 0.6) is 0 Å². The Labute approximate surface area is 109 Å². The Kier molecular flexibility index (Phi) is 3.74. The number of aromatic nitrogens is 2. The lowest BCUT2D eigenvalue weighted by Crippen LogP contribution is -2.15. The molecule has 2 aromatic rings. The SMILES string of the molecule is CCCc1c(-c2ccc(C)c(F)c2F)nc[nH]c1=O. The minimum Gasteiger partial charge on any atom is -0.313 e. The molecule has 0 spiro atoms. The van der Waals surface area contributed by atoms with Gasteiger partial charge in [-0.15, -0.1) is 0 Å². The molecule has 0 unspecified atom stereocenters. The molecule has 0 aliphatic heterocycles. The van der Waals surface area contributed by atoms with E-state index in [9.17, 15) is 13.6 Å². The second-order valence-corrected chi connectivity index (χ2v) is 4.37. The molecule has 19 heavy (non-hydrogen) atoms. The minimum atomic E-state index is -0.963. The van der Waals surface area contributed by atoms with Crippen molar-refractivity contribution in [3.05, 3.63) is 51.6 Å². The third-order valence-electron chi connectivity index (χ3n) is 2.98. The second kappa shape index (κ2) is 5.30. The first-order valence-corrected chi connectivity index (χ1v) is 6.07. The summed E-state index contributed by atoms with van der Waals surface area (Å²) >= 11 is 0.